The Morgan fingerprint density at radius 3 is 3.06 bits per heavy atom. The summed E-state index contributed by atoms with van der Waals surface area (Å²) in [7, 11) is 1.66. The molecule has 0 saturated heterocycles. The molecular formula is C10H11ClN4O. The molecule has 0 spiro atoms. The van der Waals surface area contributed by atoms with Crippen molar-refractivity contribution in [2.45, 2.75) is 12.5 Å². The topological polar surface area (TPSA) is 52.8 Å². The van der Waals surface area contributed by atoms with Crippen LogP contribution in [0.5, 0.6) is 0 Å². The van der Waals surface area contributed by atoms with Gasteiger partial charge in [-0.25, -0.2) is 0 Å². The fourth-order valence-corrected chi connectivity index (χ4v) is 1.60. The number of nitrogens with zero attached hydrogens (tertiary/aromatic N) is 4. The predicted octanol–water partition coefficient (Wildman–Crippen LogP) is 1.55. The van der Waals surface area contributed by atoms with Crippen molar-refractivity contribution in [3.63, 3.8) is 0 Å². The molecule has 0 saturated carbocycles. The number of benzene rings is 1. The Hall–Kier alpha value is -1.46. The molecule has 0 unspecified atom stereocenters. The molecule has 84 valence electrons. The van der Waals surface area contributed by atoms with E-state index in [1.807, 2.05) is 24.3 Å². The average Bonchev–Trinajstić information content (AvgIpc) is 2.78. The molecule has 1 aromatic carbocycles. The Kier molecular flexibility index (Phi) is 3.48. The van der Waals surface area contributed by atoms with Gasteiger partial charge in [0.25, 0.3) is 0 Å². The molecule has 1 aromatic heterocycles. The van der Waals surface area contributed by atoms with Gasteiger partial charge in [-0.05, 0) is 28.1 Å². The lowest BCUT2D eigenvalue weighted by atomic mass is 10.2. The largest absolute Gasteiger partial charge is 0.380 e. The zero-order valence-corrected chi connectivity index (χ0v) is 9.55. The van der Waals surface area contributed by atoms with Gasteiger partial charge in [0.1, 0.15) is 0 Å². The van der Waals surface area contributed by atoms with Crippen molar-refractivity contribution in [1.29, 1.82) is 0 Å². The quantitative estimate of drug-likeness (QED) is 0.759. The Morgan fingerprint density at radius 1 is 1.44 bits per heavy atom. The number of tetrazole rings is 1. The summed E-state index contributed by atoms with van der Waals surface area (Å²) in [6.45, 7) is 0.562. The lowest BCUT2D eigenvalue weighted by molar-refractivity contribution is 0.185. The van der Waals surface area contributed by atoms with E-state index in [-0.39, 0.29) is 5.88 Å². The van der Waals surface area contributed by atoms with Crippen LogP contribution in [0.1, 0.15) is 11.4 Å². The summed E-state index contributed by atoms with van der Waals surface area (Å²) in [6, 6.07) is 7.81. The molecule has 0 aliphatic rings. The number of alkyl halides is 1. The van der Waals surface area contributed by atoms with Gasteiger partial charge in [-0.1, -0.05) is 12.1 Å². The van der Waals surface area contributed by atoms with Gasteiger partial charge in [0, 0.05) is 7.11 Å². The number of rotatable bonds is 4. The predicted molar refractivity (Wildman–Crippen MR) is 59.4 cm³/mol. The highest BCUT2D eigenvalue weighted by Crippen LogP contribution is 2.12. The minimum absolute atomic E-state index is 0.279. The van der Waals surface area contributed by atoms with Gasteiger partial charge >= 0.3 is 0 Å². The second-order valence-electron chi connectivity index (χ2n) is 3.24. The number of methoxy groups -OCH3 is 1. The first-order valence-electron chi connectivity index (χ1n) is 4.76. The highest BCUT2D eigenvalue weighted by Gasteiger charge is 2.06. The zero-order chi connectivity index (χ0) is 11.4. The molecule has 0 bridgehead atoms. The summed E-state index contributed by atoms with van der Waals surface area (Å²) in [6.07, 6.45) is 0. The van der Waals surface area contributed by atoms with Crippen LogP contribution in [0.15, 0.2) is 24.3 Å². The van der Waals surface area contributed by atoms with E-state index in [4.69, 9.17) is 16.3 Å². The van der Waals surface area contributed by atoms with E-state index in [0.717, 1.165) is 11.3 Å². The van der Waals surface area contributed by atoms with Crippen molar-refractivity contribution < 1.29 is 4.74 Å². The molecule has 0 N–H and O–H groups in total. The lowest BCUT2D eigenvalue weighted by Gasteiger charge is -2.05. The van der Waals surface area contributed by atoms with Gasteiger partial charge in [0.15, 0.2) is 5.82 Å². The summed E-state index contributed by atoms with van der Waals surface area (Å²) >= 11 is 5.74. The first-order valence-corrected chi connectivity index (χ1v) is 5.30. The van der Waals surface area contributed by atoms with Crippen molar-refractivity contribution in [3.05, 3.63) is 35.7 Å². The van der Waals surface area contributed by atoms with Crippen molar-refractivity contribution in [2.24, 2.45) is 0 Å². The summed E-state index contributed by atoms with van der Waals surface area (Å²) in [4.78, 5) is 0. The maximum absolute atomic E-state index is 5.74. The first kappa shape index (κ1) is 11.0. The molecule has 0 aliphatic carbocycles. The van der Waals surface area contributed by atoms with Crippen LogP contribution >= 0.6 is 11.6 Å². The molecule has 5 nitrogen and oxygen atoms in total. The van der Waals surface area contributed by atoms with E-state index in [0.29, 0.717) is 12.4 Å². The summed E-state index contributed by atoms with van der Waals surface area (Å²) < 4.78 is 6.69. The van der Waals surface area contributed by atoms with E-state index in [1.165, 1.54) is 0 Å². The maximum atomic E-state index is 5.74. The van der Waals surface area contributed by atoms with Crippen molar-refractivity contribution in [3.8, 4) is 5.69 Å². The molecule has 1 heterocycles. The minimum atomic E-state index is 0.279. The molecule has 0 aliphatic heterocycles. The molecule has 0 atom stereocenters. The Balaban J connectivity index is 2.36. The molecule has 2 rings (SSSR count). The van der Waals surface area contributed by atoms with E-state index in [2.05, 4.69) is 15.5 Å². The SMILES string of the molecule is COCc1cccc(-n2nnnc2CCl)c1. The fraction of sp³-hybridized carbons (Fsp3) is 0.300. The second-order valence-corrected chi connectivity index (χ2v) is 3.51. The van der Waals surface area contributed by atoms with Crippen LogP contribution in [0.2, 0.25) is 0 Å². The van der Waals surface area contributed by atoms with Crippen molar-refractivity contribution >= 4 is 11.6 Å². The van der Waals surface area contributed by atoms with Crippen LogP contribution in [0, 0.1) is 0 Å². The molecule has 0 fully saturated rings. The van der Waals surface area contributed by atoms with E-state index in [1.54, 1.807) is 11.8 Å². The number of hydrogen-bond acceptors (Lipinski definition) is 4. The first-order chi connectivity index (χ1) is 7.85. The van der Waals surface area contributed by atoms with Crippen LogP contribution in [0.25, 0.3) is 5.69 Å². The Labute approximate surface area is 98.0 Å². The fourth-order valence-electron chi connectivity index (χ4n) is 1.43. The molecular weight excluding hydrogens is 228 g/mol. The van der Waals surface area contributed by atoms with Crippen LogP contribution in [0.3, 0.4) is 0 Å². The smallest absolute Gasteiger partial charge is 0.171 e. The minimum Gasteiger partial charge on any atom is -0.380 e. The number of halogens is 1. The maximum Gasteiger partial charge on any atom is 0.171 e. The van der Waals surface area contributed by atoms with Crippen LogP contribution in [-0.4, -0.2) is 27.3 Å². The standard InChI is InChI=1S/C10H11ClN4O/c1-16-7-8-3-2-4-9(5-8)15-10(6-11)12-13-14-15/h2-5H,6-7H2,1H3. The third-order valence-corrected chi connectivity index (χ3v) is 2.36. The highest BCUT2D eigenvalue weighted by molar-refractivity contribution is 6.16. The molecule has 16 heavy (non-hydrogen) atoms. The van der Waals surface area contributed by atoms with Gasteiger partial charge in [0.2, 0.25) is 0 Å². The van der Waals surface area contributed by atoms with Crippen LogP contribution in [-0.2, 0) is 17.2 Å². The number of hydrogen-bond donors (Lipinski definition) is 0. The molecule has 6 heteroatoms. The van der Waals surface area contributed by atoms with Crippen LogP contribution in [0.4, 0.5) is 0 Å². The molecule has 2 aromatic rings. The van der Waals surface area contributed by atoms with Gasteiger partial charge in [0.05, 0.1) is 18.2 Å². The Morgan fingerprint density at radius 2 is 2.31 bits per heavy atom. The van der Waals surface area contributed by atoms with E-state index >= 15 is 0 Å². The van der Waals surface area contributed by atoms with Crippen molar-refractivity contribution in [1.82, 2.24) is 20.2 Å². The molecule has 0 amide bonds. The Bertz CT molecular complexity index is 471. The normalized spacial score (nSPS) is 10.6. The third-order valence-electron chi connectivity index (χ3n) is 2.12. The third kappa shape index (κ3) is 2.20. The monoisotopic (exact) mass is 238 g/mol. The number of ether oxygens (including phenoxy) is 1. The number of aromatic nitrogens is 4. The summed E-state index contributed by atoms with van der Waals surface area (Å²) in [5.74, 6) is 0.901. The summed E-state index contributed by atoms with van der Waals surface area (Å²) in [5, 5.41) is 11.3. The van der Waals surface area contributed by atoms with E-state index in [9.17, 15) is 0 Å². The van der Waals surface area contributed by atoms with E-state index < -0.39 is 0 Å². The van der Waals surface area contributed by atoms with Crippen LogP contribution < -0.4 is 0 Å². The lowest BCUT2D eigenvalue weighted by Crippen LogP contribution is -2.02. The van der Waals surface area contributed by atoms with Crippen molar-refractivity contribution in [2.75, 3.05) is 7.11 Å². The van der Waals surface area contributed by atoms with Gasteiger partial charge in [-0.3, -0.25) is 0 Å². The van der Waals surface area contributed by atoms with Gasteiger partial charge in [-0.2, -0.15) is 4.68 Å². The molecule has 0 radical (unpaired) electrons. The van der Waals surface area contributed by atoms with Gasteiger partial charge in [-0.15, -0.1) is 16.7 Å². The average molecular weight is 239 g/mol. The second kappa shape index (κ2) is 5.05. The highest BCUT2D eigenvalue weighted by atomic mass is 35.5. The summed E-state index contributed by atoms with van der Waals surface area (Å²) in [5.41, 5.74) is 1.95. The zero-order valence-electron chi connectivity index (χ0n) is 8.80. The van der Waals surface area contributed by atoms with Gasteiger partial charge < -0.3 is 4.74 Å².